The Labute approximate surface area is 470 Å². The number of esters is 1. The summed E-state index contributed by atoms with van der Waals surface area (Å²) in [4.78, 5) is 30.7. The molecule has 0 saturated carbocycles. The van der Waals surface area contributed by atoms with E-state index in [9.17, 15) is 39.8 Å². The number of nitrogens with one attached hydrogen (secondary N) is 1. The number of aliphatic hydroxyl groups excluding tert-OH is 4. The minimum absolute atomic E-state index is 0.0712. The van der Waals surface area contributed by atoms with Gasteiger partial charge in [-0.3, -0.25) is 14.7 Å². The van der Waals surface area contributed by atoms with Gasteiger partial charge in [0.25, 0.3) is 0 Å². The van der Waals surface area contributed by atoms with Crippen molar-refractivity contribution in [1.82, 2.24) is 24.8 Å². The number of aromatic nitrogens is 3. The molecule has 19 nitrogen and oxygen atoms in total. The fourth-order valence-electron chi connectivity index (χ4n) is 12.1. The summed E-state index contributed by atoms with van der Waals surface area (Å²) in [5.41, 5.74) is -0.849. The number of carbonyl (C=O) groups is 1. The van der Waals surface area contributed by atoms with Crippen molar-refractivity contribution in [3.05, 3.63) is 78.9 Å². The standard InChI is InChI=1S/C60H88FN5O14/c1-14-46-60(10,73)52(69)37(6)65(11)30-33(2)28-58(8,72)54(35(4)51(36(5)56(71)78-46)79-47-29-59(9,74-13)53(70)38(7)77-47)80-57-50(68)45(27-34(3)76-57)66(12)31-43(67)32-75-44-21-17-41(18-22-44)55-63-48(39-15-19-42(61)20-16-39)49(64-55)40-23-25-62-26-24-40/h15-26,33-38,43,45-47,50-54,57,67-70,72-73H,14,27-32H2,1-13H3,(H,63,64)/t33-,34-,35+,36-,37-,38+,43?,45?,46-,47+,50-,51+,52-,53+,54-,57+,58-,59-,60-/m1/s1. The maximum Gasteiger partial charge on any atom is 0.311 e. The zero-order chi connectivity index (χ0) is 58.6. The van der Waals surface area contributed by atoms with Crippen LogP contribution in [0.4, 0.5) is 4.39 Å². The summed E-state index contributed by atoms with van der Waals surface area (Å²) in [7, 11) is 5.10. The molecule has 0 spiro atoms. The van der Waals surface area contributed by atoms with Gasteiger partial charge in [0.15, 0.2) is 12.6 Å². The van der Waals surface area contributed by atoms with E-state index in [4.69, 9.17) is 38.1 Å². The third-order valence-corrected chi connectivity index (χ3v) is 17.0. The summed E-state index contributed by atoms with van der Waals surface area (Å²) in [5, 5.41) is 71.3. The molecule has 7 rings (SSSR count). The fraction of sp³-hybridized carbons (Fsp3) is 0.650. The minimum Gasteiger partial charge on any atom is -0.491 e. The number of hydrogen-bond acceptors (Lipinski definition) is 18. The molecular weight excluding hydrogens is 1030 g/mol. The Morgan fingerprint density at radius 3 is 2.17 bits per heavy atom. The summed E-state index contributed by atoms with van der Waals surface area (Å²) >= 11 is 0. The lowest BCUT2D eigenvalue weighted by molar-refractivity contribution is -0.318. The van der Waals surface area contributed by atoms with E-state index >= 15 is 0 Å². The third-order valence-electron chi connectivity index (χ3n) is 17.0. The predicted molar refractivity (Wildman–Crippen MR) is 297 cm³/mol. The number of rotatable bonds is 15. The van der Waals surface area contributed by atoms with Crippen LogP contribution in [0.15, 0.2) is 73.1 Å². The highest BCUT2D eigenvalue weighted by Gasteiger charge is 2.53. The van der Waals surface area contributed by atoms with Gasteiger partial charge < -0.3 is 73.7 Å². The van der Waals surface area contributed by atoms with Crippen LogP contribution in [0.5, 0.6) is 5.75 Å². The second-order valence-electron chi connectivity index (χ2n) is 23.7. The molecule has 7 N–H and O–H groups in total. The molecule has 444 valence electrons. The highest BCUT2D eigenvalue weighted by atomic mass is 19.1. The van der Waals surface area contributed by atoms with Crippen molar-refractivity contribution in [2.45, 2.75) is 191 Å². The number of benzene rings is 2. The summed E-state index contributed by atoms with van der Waals surface area (Å²) in [5.74, 6) is -2.19. The highest BCUT2D eigenvalue weighted by Crippen LogP contribution is 2.41. The van der Waals surface area contributed by atoms with Crippen molar-refractivity contribution in [2.24, 2.45) is 17.8 Å². The molecule has 2 unspecified atom stereocenters. The molecule has 0 aliphatic carbocycles. The predicted octanol–water partition coefficient (Wildman–Crippen LogP) is 5.97. The second kappa shape index (κ2) is 26.4. The minimum atomic E-state index is -1.86. The van der Waals surface area contributed by atoms with Crippen molar-refractivity contribution in [2.75, 3.05) is 40.9 Å². The smallest absolute Gasteiger partial charge is 0.311 e. The number of methoxy groups -OCH3 is 1. The van der Waals surface area contributed by atoms with E-state index in [0.29, 0.717) is 30.2 Å². The number of aromatic amines is 1. The molecule has 4 aromatic rings. The number of hydrogen-bond donors (Lipinski definition) is 7. The van der Waals surface area contributed by atoms with Gasteiger partial charge >= 0.3 is 5.97 Å². The molecule has 3 aliphatic rings. The summed E-state index contributed by atoms with van der Waals surface area (Å²) in [6.45, 7) is 17.7. The van der Waals surface area contributed by atoms with Crippen LogP contribution in [-0.4, -0.2) is 199 Å². The Morgan fingerprint density at radius 1 is 0.887 bits per heavy atom. The Bertz CT molecular complexity index is 2600. The number of H-pyrrole nitrogens is 1. The number of cyclic esters (lactones) is 1. The van der Waals surface area contributed by atoms with Crippen molar-refractivity contribution < 1.29 is 73.0 Å². The molecule has 3 fully saturated rings. The van der Waals surface area contributed by atoms with Crippen molar-refractivity contribution in [1.29, 1.82) is 0 Å². The van der Waals surface area contributed by atoms with Crippen LogP contribution in [0.2, 0.25) is 0 Å². The fourth-order valence-corrected chi connectivity index (χ4v) is 12.1. The van der Waals surface area contributed by atoms with Crippen LogP contribution < -0.4 is 4.74 Å². The molecule has 0 bridgehead atoms. The average Bonchev–Trinajstić information content (AvgIpc) is 3.98. The summed E-state index contributed by atoms with van der Waals surface area (Å²) in [6.07, 6.45) is -7.46. The Kier molecular flexibility index (Phi) is 20.8. The third kappa shape index (κ3) is 14.4. The molecule has 2 aromatic heterocycles. The van der Waals surface area contributed by atoms with E-state index in [1.165, 1.54) is 26.2 Å². The summed E-state index contributed by atoms with van der Waals surface area (Å²) in [6, 6.07) is 16.0. The number of likely N-dealkylation sites (N-methyl/N-ethyl adjacent to an activating group) is 2. The van der Waals surface area contributed by atoms with Crippen LogP contribution in [0.25, 0.3) is 33.9 Å². The first kappa shape index (κ1) is 63.1. The molecule has 3 saturated heterocycles. The van der Waals surface area contributed by atoms with Gasteiger partial charge in [-0.25, -0.2) is 9.37 Å². The number of carbonyl (C=O) groups excluding carboxylic acids is 1. The number of imidazole rings is 1. The van der Waals surface area contributed by atoms with E-state index in [-0.39, 0.29) is 44.1 Å². The van der Waals surface area contributed by atoms with Crippen molar-refractivity contribution >= 4 is 5.97 Å². The maximum atomic E-state index is 14.5. The van der Waals surface area contributed by atoms with Gasteiger partial charge in [-0.2, -0.15) is 0 Å². The molecule has 0 amide bonds. The Balaban J connectivity index is 1.09. The first-order chi connectivity index (χ1) is 37.7. The average molecular weight is 1120 g/mol. The van der Waals surface area contributed by atoms with Gasteiger partial charge in [-0.15, -0.1) is 0 Å². The van der Waals surface area contributed by atoms with Gasteiger partial charge in [0, 0.05) is 73.7 Å². The maximum absolute atomic E-state index is 14.5. The number of pyridine rings is 1. The van der Waals surface area contributed by atoms with Gasteiger partial charge in [-0.1, -0.05) is 20.8 Å². The second-order valence-corrected chi connectivity index (χ2v) is 23.7. The molecule has 20 heteroatoms. The molecular formula is C60H88FN5O14. The SMILES string of the molecule is CC[C@H]1OC(=O)[C@H](C)[C@@H](O[C@H]2C[C@@](C)(OC)[C@@H](O)[C@H](C)O2)[C@H](C)[C@@H](O[C@@H]2O[C@H](C)CC(N(C)CC(O)COc3ccc(-c4nc(-c5ccncc5)c(-c5ccc(F)cc5)[nH]4)cc3)[C@H]2O)[C@](C)(O)C[C@@H](C)CN(C)[C@H](C)[C@@H](O)[C@]1(C)O. The van der Waals surface area contributed by atoms with E-state index in [1.807, 2.05) is 55.0 Å². The van der Waals surface area contributed by atoms with Crippen molar-refractivity contribution in [3.8, 4) is 39.7 Å². The number of halogens is 1. The van der Waals surface area contributed by atoms with Crippen LogP contribution in [0.1, 0.15) is 94.9 Å². The van der Waals surface area contributed by atoms with Crippen LogP contribution in [0, 0.1) is 23.6 Å². The van der Waals surface area contributed by atoms with Gasteiger partial charge in [0.1, 0.15) is 60.1 Å². The Morgan fingerprint density at radius 2 is 1.54 bits per heavy atom. The van der Waals surface area contributed by atoms with E-state index in [2.05, 4.69) is 9.97 Å². The van der Waals surface area contributed by atoms with E-state index in [1.54, 1.807) is 92.2 Å². The number of aliphatic hydroxyl groups is 6. The zero-order valence-corrected chi connectivity index (χ0v) is 48.7. The van der Waals surface area contributed by atoms with Gasteiger partial charge in [-0.05, 0) is 148 Å². The topological polar surface area (TPSA) is 251 Å². The van der Waals surface area contributed by atoms with Gasteiger partial charge in [0.05, 0.1) is 52.9 Å². The van der Waals surface area contributed by atoms with Gasteiger partial charge in [0.2, 0.25) is 0 Å². The van der Waals surface area contributed by atoms with Crippen LogP contribution in [-0.2, 0) is 33.2 Å². The molecule has 2 aromatic carbocycles. The first-order valence-electron chi connectivity index (χ1n) is 28.1. The molecule has 0 radical (unpaired) electrons. The highest BCUT2D eigenvalue weighted by molar-refractivity contribution is 5.81. The zero-order valence-electron chi connectivity index (χ0n) is 48.7. The molecule has 5 heterocycles. The lowest BCUT2D eigenvalue weighted by Gasteiger charge is -2.49. The summed E-state index contributed by atoms with van der Waals surface area (Å²) < 4.78 is 58.2. The monoisotopic (exact) mass is 1120 g/mol. The van der Waals surface area contributed by atoms with E-state index in [0.717, 1.165) is 22.4 Å². The lowest BCUT2D eigenvalue weighted by Crippen LogP contribution is -2.61. The normalized spacial score (nSPS) is 36.7. The quantitative estimate of drug-likeness (QED) is 0.0678. The molecule has 3 aliphatic heterocycles. The first-order valence-corrected chi connectivity index (χ1v) is 28.1. The molecule has 19 atom stereocenters. The lowest BCUT2D eigenvalue weighted by atomic mass is 9.77. The Hall–Kier alpha value is -4.52. The number of nitrogens with zero attached hydrogens (tertiary/aromatic N) is 4. The largest absolute Gasteiger partial charge is 0.491 e. The van der Waals surface area contributed by atoms with Crippen LogP contribution >= 0.6 is 0 Å². The molecule has 80 heavy (non-hydrogen) atoms. The number of ether oxygens (including phenoxy) is 7. The van der Waals surface area contributed by atoms with Crippen LogP contribution in [0.3, 0.4) is 0 Å². The van der Waals surface area contributed by atoms with Crippen molar-refractivity contribution in [3.63, 3.8) is 0 Å². The van der Waals surface area contributed by atoms with E-state index < -0.39 is 114 Å².